The lowest BCUT2D eigenvalue weighted by molar-refractivity contribution is -0.142. The minimum absolute atomic E-state index is 0.0234. The third kappa shape index (κ3) is 5.06. The molecular weight excluding hydrogens is 340 g/mol. The van der Waals surface area contributed by atoms with Gasteiger partial charge >= 0.3 is 0 Å². The Bertz CT molecular complexity index is 628. The molecule has 1 atom stereocenters. The number of rotatable bonds is 6. The Morgan fingerprint density at radius 1 is 1.30 bits per heavy atom. The lowest BCUT2D eigenvalue weighted by Crippen LogP contribution is -2.59. The summed E-state index contributed by atoms with van der Waals surface area (Å²) in [6.45, 7) is 6.15. The van der Waals surface area contributed by atoms with Crippen molar-refractivity contribution in [3.63, 3.8) is 0 Å². The van der Waals surface area contributed by atoms with Crippen molar-refractivity contribution in [2.45, 2.75) is 77.0 Å². The molecule has 6 nitrogen and oxygen atoms in total. The third-order valence-corrected chi connectivity index (χ3v) is 5.80. The summed E-state index contributed by atoms with van der Waals surface area (Å²) in [7, 11) is 0. The van der Waals surface area contributed by atoms with Crippen LogP contribution in [0.15, 0.2) is 24.4 Å². The minimum atomic E-state index is -0.374. The molecular formula is C21H32N4O2. The summed E-state index contributed by atoms with van der Waals surface area (Å²) in [5, 5.41) is 2.93. The standard InChI is InChI=1S/C21H32N4O2/c1-16(2)24-13-12-23-21(27)19(24)14-20(26)25(18-9-4-3-5-10-18)15-17-8-6-7-11-22-17/h6-8,11,16,18-19H,3-5,9-10,12-15H2,1-2H3,(H,23,27). The van der Waals surface area contributed by atoms with E-state index in [2.05, 4.69) is 29.0 Å². The fraction of sp³-hybridized carbons (Fsp3) is 0.667. The molecule has 6 heteroatoms. The molecule has 1 aliphatic heterocycles. The molecule has 1 aromatic rings. The molecule has 2 fully saturated rings. The first-order valence-corrected chi connectivity index (χ1v) is 10.3. The molecule has 2 aliphatic rings. The van der Waals surface area contributed by atoms with Crippen LogP contribution in [0.5, 0.6) is 0 Å². The fourth-order valence-electron chi connectivity index (χ4n) is 4.32. The van der Waals surface area contributed by atoms with Gasteiger partial charge in [0.1, 0.15) is 0 Å². The Labute approximate surface area is 162 Å². The fourth-order valence-corrected chi connectivity index (χ4v) is 4.32. The number of carbonyl (C=O) groups excluding carboxylic acids is 2. The summed E-state index contributed by atoms with van der Waals surface area (Å²) in [6, 6.07) is 5.95. The molecule has 2 amide bonds. The summed E-state index contributed by atoms with van der Waals surface area (Å²) in [5.74, 6) is 0.0463. The van der Waals surface area contributed by atoms with Gasteiger partial charge < -0.3 is 10.2 Å². The van der Waals surface area contributed by atoms with Crippen LogP contribution in [0.1, 0.15) is 58.1 Å². The van der Waals surface area contributed by atoms with Crippen molar-refractivity contribution in [3.05, 3.63) is 30.1 Å². The summed E-state index contributed by atoms with van der Waals surface area (Å²) < 4.78 is 0. The highest BCUT2D eigenvalue weighted by Gasteiger charge is 2.35. The Balaban J connectivity index is 1.75. The first-order valence-electron chi connectivity index (χ1n) is 10.3. The maximum atomic E-state index is 13.3. The first kappa shape index (κ1) is 19.8. The first-order chi connectivity index (χ1) is 13.1. The highest BCUT2D eigenvalue weighted by molar-refractivity contribution is 5.89. The van der Waals surface area contributed by atoms with Crippen molar-refractivity contribution in [2.75, 3.05) is 13.1 Å². The molecule has 27 heavy (non-hydrogen) atoms. The van der Waals surface area contributed by atoms with E-state index in [0.29, 0.717) is 13.1 Å². The Morgan fingerprint density at radius 3 is 2.74 bits per heavy atom. The summed E-state index contributed by atoms with van der Waals surface area (Å²) in [5.41, 5.74) is 0.908. The van der Waals surface area contributed by atoms with Crippen LogP contribution in [0.3, 0.4) is 0 Å². The van der Waals surface area contributed by atoms with E-state index in [9.17, 15) is 9.59 Å². The van der Waals surface area contributed by atoms with E-state index in [1.807, 2.05) is 23.1 Å². The van der Waals surface area contributed by atoms with Crippen LogP contribution in [0.4, 0.5) is 0 Å². The Hall–Kier alpha value is -1.95. The van der Waals surface area contributed by atoms with Gasteiger partial charge in [0.2, 0.25) is 11.8 Å². The molecule has 148 valence electrons. The zero-order valence-electron chi connectivity index (χ0n) is 16.6. The predicted octanol–water partition coefficient (Wildman–Crippen LogP) is 2.34. The van der Waals surface area contributed by atoms with Gasteiger partial charge in [-0.1, -0.05) is 25.3 Å². The van der Waals surface area contributed by atoms with Crippen LogP contribution in [0, 0.1) is 0 Å². The third-order valence-electron chi connectivity index (χ3n) is 5.80. The molecule has 0 radical (unpaired) electrons. The van der Waals surface area contributed by atoms with Gasteiger partial charge in [0, 0.05) is 31.4 Å². The van der Waals surface area contributed by atoms with Gasteiger partial charge in [-0.2, -0.15) is 0 Å². The van der Waals surface area contributed by atoms with Gasteiger partial charge in [-0.05, 0) is 38.8 Å². The maximum absolute atomic E-state index is 13.3. The largest absolute Gasteiger partial charge is 0.353 e. The molecule has 1 unspecified atom stereocenters. The number of pyridine rings is 1. The molecule has 2 heterocycles. The highest BCUT2D eigenvalue weighted by atomic mass is 16.2. The molecule has 1 saturated carbocycles. The molecule has 1 aromatic heterocycles. The average molecular weight is 373 g/mol. The van der Waals surface area contributed by atoms with E-state index in [0.717, 1.165) is 25.1 Å². The number of hydrogen-bond donors (Lipinski definition) is 1. The number of hydrogen-bond acceptors (Lipinski definition) is 4. The van der Waals surface area contributed by atoms with Gasteiger partial charge in [-0.3, -0.25) is 19.5 Å². The van der Waals surface area contributed by atoms with Crippen molar-refractivity contribution in [1.82, 2.24) is 20.1 Å². The van der Waals surface area contributed by atoms with Crippen molar-refractivity contribution in [1.29, 1.82) is 0 Å². The van der Waals surface area contributed by atoms with E-state index in [1.165, 1.54) is 19.3 Å². The zero-order chi connectivity index (χ0) is 19.2. The Kier molecular flexibility index (Phi) is 6.83. The van der Waals surface area contributed by atoms with Crippen molar-refractivity contribution >= 4 is 11.8 Å². The quantitative estimate of drug-likeness (QED) is 0.832. The summed E-state index contributed by atoms with van der Waals surface area (Å²) in [4.78, 5) is 34.3. The number of piperazine rings is 1. The summed E-state index contributed by atoms with van der Waals surface area (Å²) >= 11 is 0. The van der Waals surface area contributed by atoms with Crippen LogP contribution >= 0.6 is 0 Å². The monoisotopic (exact) mass is 372 g/mol. The van der Waals surface area contributed by atoms with E-state index in [4.69, 9.17) is 0 Å². The molecule has 1 N–H and O–H groups in total. The lowest BCUT2D eigenvalue weighted by Gasteiger charge is -2.40. The van der Waals surface area contributed by atoms with Gasteiger partial charge in [0.15, 0.2) is 0 Å². The maximum Gasteiger partial charge on any atom is 0.237 e. The molecule has 1 aliphatic carbocycles. The summed E-state index contributed by atoms with van der Waals surface area (Å²) in [6.07, 6.45) is 7.68. The smallest absolute Gasteiger partial charge is 0.237 e. The molecule has 0 aromatic carbocycles. The molecule has 3 rings (SSSR count). The van der Waals surface area contributed by atoms with Crippen LogP contribution < -0.4 is 5.32 Å². The van der Waals surface area contributed by atoms with Gasteiger partial charge in [0.25, 0.3) is 0 Å². The van der Waals surface area contributed by atoms with Crippen molar-refractivity contribution in [2.24, 2.45) is 0 Å². The Morgan fingerprint density at radius 2 is 2.07 bits per heavy atom. The SMILES string of the molecule is CC(C)N1CCNC(=O)C1CC(=O)N(Cc1ccccn1)C1CCCCC1. The second kappa shape index (κ2) is 9.31. The second-order valence-corrected chi connectivity index (χ2v) is 7.98. The number of carbonyl (C=O) groups is 2. The van der Waals surface area contributed by atoms with Gasteiger partial charge in [-0.15, -0.1) is 0 Å². The highest BCUT2D eigenvalue weighted by Crippen LogP contribution is 2.25. The van der Waals surface area contributed by atoms with Crippen molar-refractivity contribution < 1.29 is 9.59 Å². The van der Waals surface area contributed by atoms with Crippen molar-refractivity contribution in [3.8, 4) is 0 Å². The molecule has 0 spiro atoms. The number of amides is 2. The van der Waals surface area contributed by atoms with Crippen LogP contribution in [0.2, 0.25) is 0 Å². The topological polar surface area (TPSA) is 65.5 Å². The van der Waals surface area contributed by atoms with E-state index < -0.39 is 0 Å². The van der Waals surface area contributed by atoms with E-state index >= 15 is 0 Å². The number of nitrogens with zero attached hydrogens (tertiary/aromatic N) is 3. The lowest BCUT2D eigenvalue weighted by atomic mass is 9.93. The van der Waals surface area contributed by atoms with Crippen LogP contribution in [0.25, 0.3) is 0 Å². The normalized spacial score (nSPS) is 21.9. The van der Waals surface area contributed by atoms with Gasteiger partial charge in [-0.25, -0.2) is 0 Å². The van der Waals surface area contributed by atoms with Crippen LogP contribution in [-0.4, -0.2) is 57.8 Å². The van der Waals surface area contributed by atoms with E-state index in [1.54, 1.807) is 6.20 Å². The predicted molar refractivity (Wildman–Crippen MR) is 105 cm³/mol. The zero-order valence-corrected chi connectivity index (χ0v) is 16.6. The molecule has 0 bridgehead atoms. The number of nitrogens with one attached hydrogen (secondary N) is 1. The van der Waals surface area contributed by atoms with E-state index in [-0.39, 0.29) is 36.4 Å². The average Bonchev–Trinajstić information content (AvgIpc) is 2.69. The van der Waals surface area contributed by atoms with Crippen LogP contribution in [-0.2, 0) is 16.1 Å². The van der Waals surface area contributed by atoms with Gasteiger partial charge in [0.05, 0.1) is 24.7 Å². The number of aromatic nitrogens is 1. The minimum Gasteiger partial charge on any atom is -0.353 e. The molecule has 1 saturated heterocycles. The second-order valence-electron chi connectivity index (χ2n) is 7.98.